The van der Waals surface area contributed by atoms with Crippen molar-refractivity contribution in [3.05, 3.63) is 17.5 Å². The molecule has 3 heterocycles. The van der Waals surface area contributed by atoms with E-state index in [9.17, 15) is 9.59 Å². The van der Waals surface area contributed by atoms with Gasteiger partial charge in [0, 0.05) is 37.5 Å². The Morgan fingerprint density at radius 2 is 1.78 bits per heavy atom. The van der Waals surface area contributed by atoms with Crippen molar-refractivity contribution in [2.45, 2.75) is 84.2 Å². The van der Waals surface area contributed by atoms with Gasteiger partial charge in [0.15, 0.2) is 0 Å². The number of hydrogen-bond donors (Lipinski definition) is 1. The van der Waals surface area contributed by atoms with E-state index in [0.717, 1.165) is 50.0 Å². The topological polar surface area (TPSA) is 69.3 Å². The molecule has 2 aliphatic rings. The number of H-pyrrole nitrogens is 1. The second kappa shape index (κ2) is 8.44. The molecule has 0 aromatic carbocycles. The maximum Gasteiger partial charge on any atom is 0.257 e. The summed E-state index contributed by atoms with van der Waals surface area (Å²) in [6.07, 6.45) is 7.41. The number of hydrogen-bond acceptors (Lipinski definition) is 3. The molecule has 1 aromatic rings. The lowest BCUT2D eigenvalue weighted by molar-refractivity contribution is -0.133. The van der Waals surface area contributed by atoms with Crippen LogP contribution in [0.15, 0.2) is 6.20 Å². The Morgan fingerprint density at radius 3 is 2.37 bits per heavy atom. The summed E-state index contributed by atoms with van der Waals surface area (Å²) in [4.78, 5) is 29.6. The fourth-order valence-corrected chi connectivity index (χ4v) is 4.63. The van der Waals surface area contributed by atoms with Crippen molar-refractivity contribution >= 4 is 11.8 Å². The first-order chi connectivity index (χ1) is 12.9. The van der Waals surface area contributed by atoms with Gasteiger partial charge in [-0.05, 0) is 51.9 Å². The van der Waals surface area contributed by atoms with Crippen LogP contribution in [0.4, 0.5) is 0 Å². The molecule has 0 aliphatic carbocycles. The summed E-state index contributed by atoms with van der Waals surface area (Å²) in [5.41, 5.74) is 1.68. The molecule has 0 spiro atoms. The minimum atomic E-state index is 0.108. The summed E-state index contributed by atoms with van der Waals surface area (Å²) >= 11 is 0. The summed E-state index contributed by atoms with van der Waals surface area (Å²) < 4.78 is 0. The van der Waals surface area contributed by atoms with Crippen LogP contribution in [0.2, 0.25) is 0 Å². The monoisotopic (exact) mass is 374 g/mol. The predicted octanol–water partition coefficient (Wildman–Crippen LogP) is 3.56. The molecule has 2 aliphatic heterocycles. The molecule has 6 heteroatoms. The normalized spacial score (nSPS) is 24.5. The van der Waals surface area contributed by atoms with Crippen molar-refractivity contribution in [1.29, 1.82) is 0 Å². The quantitative estimate of drug-likeness (QED) is 0.876. The van der Waals surface area contributed by atoms with E-state index < -0.39 is 0 Å². The molecule has 2 saturated heterocycles. The molecule has 2 amide bonds. The summed E-state index contributed by atoms with van der Waals surface area (Å²) in [7, 11) is 0. The van der Waals surface area contributed by atoms with Crippen LogP contribution in [0, 0.1) is 5.92 Å². The van der Waals surface area contributed by atoms with Crippen LogP contribution in [0.25, 0.3) is 0 Å². The van der Waals surface area contributed by atoms with E-state index in [1.54, 1.807) is 6.20 Å². The molecule has 150 valence electrons. The molecule has 1 aromatic heterocycles. The molecule has 2 fully saturated rings. The molecular weight excluding hydrogens is 340 g/mol. The third-order valence-electron chi connectivity index (χ3n) is 6.17. The largest absolute Gasteiger partial charge is 0.343 e. The third kappa shape index (κ3) is 4.36. The number of rotatable bonds is 4. The van der Waals surface area contributed by atoms with Gasteiger partial charge >= 0.3 is 0 Å². The van der Waals surface area contributed by atoms with Crippen molar-refractivity contribution < 1.29 is 9.59 Å². The van der Waals surface area contributed by atoms with Gasteiger partial charge in [0.25, 0.3) is 5.91 Å². The second-order valence-electron chi connectivity index (χ2n) is 8.79. The Hall–Kier alpha value is -1.85. The van der Waals surface area contributed by atoms with Crippen LogP contribution in [-0.2, 0) is 4.79 Å². The zero-order valence-electron chi connectivity index (χ0n) is 17.2. The summed E-state index contributed by atoms with van der Waals surface area (Å²) in [6, 6.07) is 0.555. The average Bonchev–Trinajstić information content (AvgIpc) is 3.10. The van der Waals surface area contributed by atoms with Gasteiger partial charge in [0.2, 0.25) is 5.91 Å². The first-order valence-electron chi connectivity index (χ1n) is 10.5. The fraction of sp³-hybridized carbons (Fsp3) is 0.762. The minimum Gasteiger partial charge on any atom is -0.343 e. The molecule has 0 saturated carbocycles. The lowest BCUT2D eigenvalue weighted by Crippen LogP contribution is -2.47. The third-order valence-corrected chi connectivity index (χ3v) is 6.17. The molecule has 2 atom stereocenters. The Bertz CT molecular complexity index is 651. The van der Waals surface area contributed by atoms with E-state index in [4.69, 9.17) is 0 Å². The van der Waals surface area contributed by atoms with Gasteiger partial charge in [-0.3, -0.25) is 14.7 Å². The predicted molar refractivity (Wildman–Crippen MR) is 106 cm³/mol. The van der Waals surface area contributed by atoms with E-state index in [1.165, 1.54) is 6.42 Å². The molecule has 0 radical (unpaired) electrons. The van der Waals surface area contributed by atoms with Crippen LogP contribution in [0.1, 0.15) is 88.2 Å². The van der Waals surface area contributed by atoms with Crippen molar-refractivity contribution in [2.75, 3.05) is 13.1 Å². The number of piperidine rings is 2. The van der Waals surface area contributed by atoms with Gasteiger partial charge in [-0.25, -0.2) is 0 Å². The Labute approximate surface area is 162 Å². The zero-order valence-corrected chi connectivity index (χ0v) is 17.2. The second-order valence-corrected chi connectivity index (χ2v) is 8.79. The highest BCUT2D eigenvalue weighted by Gasteiger charge is 2.34. The minimum absolute atomic E-state index is 0.108. The van der Waals surface area contributed by atoms with E-state index in [2.05, 4.69) is 37.9 Å². The Morgan fingerprint density at radius 1 is 1.15 bits per heavy atom. The molecule has 3 rings (SSSR count). The maximum atomic E-state index is 13.2. The van der Waals surface area contributed by atoms with Crippen LogP contribution in [0.3, 0.4) is 0 Å². The van der Waals surface area contributed by atoms with Gasteiger partial charge in [0.1, 0.15) is 0 Å². The Balaban J connectivity index is 1.67. The van der Waals surface area contributed by atoms with Crippen LogP contribution in [-0.4, -0.2) is 57.0 Å². The fourth-order valence-electron chi connectivity index (χ4n) is 4.63. The van der Waals surface area contributed by atoms with Crippen molar-refractivity contribution in [2.24, 2.45) is 5.92 Å². The Kier molecular flexibility index (Phi) is 6.22. The summed E-state index contributed by atoms with van der Waals surface area (Å²) in [5.74, 6) is 1.02. The number of nitrogens with zero attached hydrogens (tertiary/aromatic N) is 3. The lowest BCUT2D eigenvalue weighted by atomic mass is 9.89. The van der Waals surface area contributed by atoms with Gasteiger partial charge in [0.05, 0.1) is 17.5 Å². The number of nitrogens with one attached hydrogen (secondary N) is 1. The standard InChI is InChI=1S/C21H34N4O2/c1-14(2)12-19(26)24-10-8-17(9-11-24)20-18(13-22-23-20)21(27)25-15(3)6-5-7-16(25)4/h13-17H,5-12H2,1-4H3,(H,22,23)/t15-,16-/m1/s1. The number of likely N-dealkylation sites (tertiary alicyclic amines) is 2. The van der Waals surface area contributed by atoms with Gasteiger partial charge < -0.3 is 9.80 Å². The molecule has 1 N–H and O–H groups in total. The molecule has 0 unspecified atom stereocenters. The highest BCUT2D eigenvalue weighted by Crippen LogP contribution is 2.32. The average molecular weight is 375 g/mol. The van der Waals surface area contributed by atoms with Crippen LogP contribution in [0.5, 0.6) is 0 Å². The van der Waals surface area contributed by atoms with Crippen molar-refractivity contribution in [3.8, 4) is 0 Å². The van der Waals surface area contributed by atoms with E-state index in [-0.39, 0.29) is 29.8 Å². The smallest absolute Gasteiger partial charge is 0.257 e. The number of amides is 2. The maximum absolute atomic E-state index is 13.2. The number of carbonyl (C=O) groups is 2. The summed E-state index contributed by atoms with van der Waals surface area (Å²) in [5, 5.41) is 7.30. The van der Waals surface area contributed by atoms with Crippen LogP contribution < -0.4 is 0 Å². The van der Waals surface area contributed by atoms with E-state index in [0.29, 0.717) is 12.3 Å². The summed E-state index contributed by atoms with van der Waals surface area (Å²) in [6.45, 7) is 9.97. The highest BCUT2D eigenvalue weighted by atomic mass is 16.2. The number of aromatic amines is 1. The zero-order chi connectivity index (χ0) is 19.6. The first-order valence-corrected chi connectivity index (χ1v) is 10.5. The van der Waals surface area contributed by atoms with Crippen LogP contribution >= 0.6 is 0 Å². The van der Waals surface area contributed by atoms with Crippen molar-refractivity contribution in [1.82, 2.24) is 20.0 Å². The molecular formula is C21H34N4O2. The number of aromatic nitrogens is 2. The van der Waals surface area contributed by atoms with Gasteiger partial charge in [-0.2, -0.15) is 5.10 Å². The molecule has 0 bridgehead atoms. The first kappa shape index (κ1) is 19.9. The van der Waals surface area contributed by atoms with E-state index in [1.807, 2.05) is 9.80 Å². The highest BCUT2D eigenvalue weighted by molar-refractivity contribution is 5.95. The number of carbonyl (C=O) groups excluding carboxylic acids is 2. The molecule has 27 heavy (non-hydrogen) atoms. The SMILES string of the molecule is CC(C)CC(=O)N1CCC(c2[nH]ncc2C(=O)N2[C@H](C)CCC[C@H]2C)CC1. The molecule has 6 nitrogen and oxygen atoms in total. The lowest BCUT2D eigenvalue weighted by Gasteiger charge is -2.39. The van der Waals surface area contributed by atoms with Crippen molar-refractivity contribution in [3.63, 3.8) is 0 Å². The van der Waals surface area contributed by atoms with E-state index >= 15 is 0 Å². The van der Waals surface area contributed by atoms with Gasteiger partial charge in [-0.1, -0.05) is 13.8 Å². The van der Waals surface area contributed by atoms with Gasteiger partial charge in [-0.15, -0.1) is 0 Å².